The van der Waals surface area contributed by atoms with Gasteiger partial charge in [0.2, 0.25) is 5.91 Å². The van der Waals surface area contributed by atoms with Crippen LogP contribution in [0.15, 0.2) is 54.6 Å². The van der Waals surface area contributed by atoms with Crippen molar-refractivity contribution in [1.29, 1.82) is 0 Å². The maximum absolute atomic E-state index is 12.0. The number of halogens is 1. The van der Waals surface area contributed by atoms with E-state index in [1.807, 2.05) is 24.3 Å². The molecule has 0 saturated carbocycles. The number of para-hydroxylation sites is 1. The third-order valence-corrected chi connectivity index (χ3v) is 5.00. The molecule has 1 N–H and O–H groups in total. The van der Waals surface area contributed by atoms with Crippen molar-refractivity contribution in [2.45, 2.75) is 12.8 Å². The summed E-state index contributed by atoms with van der Waals surface area (Å²) in [5.74, 6) is 0.0706. The average molecular weight is 372 g/mol. The van der Waals surface area contributed by atoms with Crippen LogP contribution in [0.1, 0.15) is 12.0 Å². The van der Waals surface area contributed by atoms with E-state index < -0.39 is 0 Å². The first-order valence-electron chi connectivity index (χ1n) is 9.24. The van der Waals surface area contributed by atoms with Gasteiger partial charge in [0.05, 0.1) is 6.42 Å². The number of rotatable bonds is 7. The number of anilines is 1. The molecule has 0 unspecified atom stereocenters. The fourth-order valence-corrected chi connectivity index (χ4v) is 3.38. The van der Waals surface area contributed by atoms with Gasteiger partial charge in [-0.05, 0) is 42.8 Å². The van der Waals surface area contributed by atoms with E-state index in [2.05, 4.69) is 45.4 Å². The van der Waals surface area contributed by atoms with E-state index in [-0.39, 0.29) is 5.91 Å². The fraction of sp³-hybridized carbons (Fsp3) is 0.381. The number of nitrogens with one attached hydrogen (secondary N) is 1. The highest BCUT2D eigenvalue weighted by Gasteiger charge is 2.16. The number of hydrogen-bond donors (Lipinski definition) is 1. The van der Waals surface area contributed by atoms with Crippen LogP contribution in [-0.2, 0) is 11.2 Å². The van der Waals surface area contributed by atoms with Crippen LogP contribution in [0, 0.1) is 0 Å². The smallest absolute Gasteiger partial charge is 0.224 e. The van der Waals surface area contributed by atoms with Crippen LogP contribution in [0.5, 0.6) is 0 Å². The number of amides is 1. The van der Waals surface area contributed by atoms with Crippen molar-refractivity contribution >= 4 is 23.2 Å². The molecule has 1 saturated heterocycles. The molecule has 1 heterocycles. The summed E-state index contributed by atoms with van der Waals surface area (Å²) >= 11 is 5.86. The van der Waals surface area contributed by atoms with E-state index in [9.17, 15) is 4.79 Å². The third kappa shape index (κ3) is 5.75. The van der Waals surface area contributed by atoms with Crippen molar-refractivity contribution in [2.24, 2.45) is 0 Å². The first kappa shape index (κ1) is 18.7. The monoisotopic (exact) mass is 371 g/mol. The molecule has 1 amide bonds. The summed E-state index contributed by atoms with van der Waals surface area (Å²) < 4.78 is 0. The Bertz CT molecular complexity index is 682. The summed E-state index contributed by atoms with van der Waals surface area (Å²) in [7, 11) is 0. The van der Waals surface area contributed by atoms with Gasteiger partial charge < -0.3 is 10.2 Å². The molecular weight excluding hydrogens is 346 g/mol. The topological polar surface area (TPSA) is 35.6 Å². The van der Waals surface area contributed by atoms with Gasteiger partial charge in [0.1, 0.15) is 0 Å². The van der Waals surface area contributed by atoms with Crippen molar-refractivity contribution in [3.05, 3.63) is 65.2 Å². The molecule has 5 heteroatoms. The minimum atomic E-state index is 0.0706. The molecule has 1 fully saturated rings. The molecule has 0 radical (unpaired) electrons. The Labute approximate surface area is 160 Å². The van der Waals surface area contributed by atoms with Crippen LogP contribution in [0.2, 0.25) is 5.02 Å². The second-order valence-corrected chi connectivity index (χ2v) is 7.11. The Kier molecular flexibility index (Phi) is 6.92. The minimum Gasteiger partial charge on any atom is -0.369 e. The van der Waals surface area contributed by atoms with Gasteiger partial charge in [-0.2, -0.15) is 0 Å². The summed E-state index contributed by atoms with van der Waals surface area (Å²) in [6.45, 7) is 6.04. The van der Waals surface area contributed by atoms with Gasteiger partial charge in [0.15, 0.2) is 0 Å². The van der Waals surface area contributed by atoms with Crippen LogP contribution >= 0.6 is 11.6 Å². The van der Waals surface area contributed by atoms with Gasteiger partial charge in [-0.1, -0.05) is 41.9 Å². The second kappa shape index (κ2) is 9.60. The predicted molar refractivity (Wildman–Crippen MR) is 108 cm³/mol. The van der Waals surface area contributed by atoms with Gasteiger partial charge >= 0.3 is 0 Å². The fourth-order valence-electron chi connectivity index (χ4n) is 3.25. The molecule has 0 bridgehead atoms. The summed E-state index contributed by atoms with van der Waals surface area (Å²) in [4.78, 5) is 16.9. The van der Waals surface area contributed by atoms with Gasteiger partial charge in [0, 0.05) is 43.4 Å². The van der Waals surface area contributed by atoms with Crippen molar-refractivity contribution < 1.29 is 4.79 Å². The van der Waals surface area contributed by atoms with Crippen molar-refractivity contribution in [3.63, 3.8) is 0 Å². The van der Waals surface area contributed by atoms with Crippen molar-refractivity contribution in [3.8, 4) is 0 Å². The lowest BCUT2D eigenvalue weighted by Gasteiger charge is -2.36. The van der Waals surface area contributed by atoms with Crippen LogP contribution in [0.3, 0.4) is 0 Å². The molecule has 0 spiro atoms. The van der Waals surface area contributed by atoms with E-state index in [1.54, 1.807) is 0 Å². The largest absolute Gasteiger partial charge is 0.369 e. The Balaban J connectivity index is 1.30. The normalized spacial score (nSPS) is 15.0. The summed E-state index contributed by atoms with van der Waals surface area (Å²) in [6.07, 6.45) is 1.39. The van der Waals surface area contributed by atoms with E-state index in [4.69, 9.17) is 11.6 Å². The quantitative estimate of drug-likeness (QED) is 0.759. The molecule has 1 aliphatic rings. The first-order valence-corrected chi connectivity index (χ1v) is 9.62. The average Bonchev–Trinajstić information content (AvgIpc) is 2.68. The summed E-state index contributed by atoms with van der Waals surface area (Å²) in [5, 5.41) is 3.71. The third-order valence-electron chi connectivity index (χ3n) is 4.74. The number of benzene rings is 2. The lowest BCUT2D eigenvalue weighted by Crippen LogP contribution is -2.47. The highest BCUT2D eigenvalue weighted by atomic mass is 35.5. The zero-order valence-electron chi connectivity index (χ0n) is 15.0. The lowest BCUT2D eigenvalue weighted by atomic mass is 10.1. The van der Waals surface area contributed by atoms with Crippen LogP contribution < -0.4 is 10.2 Å². The van der Waals surface area contributed by atoms with Crippen LogP contribution in [0.4, 0.5) is 5.69 Å². The van der Waals surface area contributed by atoms with Crippen molar-refractivity contribution in [2.75, 3.05) is 44.2 Å². The second-order valence-electron chi connectivity index (χ2n) is 6.67. The minimum absolute atomic E-state index is 0.0706. The van der Waals surface area contributed by atoms with Crippen LogP contribution in [0.25, 0.3) is 0 Å². The summed E-state index contributed by atoms with van der Waals surface area (Å²) in [6, 6.07) is 18.0. The standard InChI is InChI=1S/C21H26ClN3O/c22-19-9-7-18(8-10-19)17-21(26)23-11-4-12-24-13-15-25(16-14-24)20-5-2-1-3-6-20/h1-3,5-10H,4,11-17H2,(H,23,26). The van der Waals surface area contributed by atoms with E-state index >= 15 is 0 Å². The molecular formula is C21H26ClN3O. The first-order chi connectivity index (χ1) is 12.7. The molecule has 2 aromatic carbocycles. The maximum Gasteiger partial charge on any atom is 0.224 e. The molecule has 26 heavy (non-hydrogen) atoms. The molecule has 2 aromatic rings. The highest BCUT2D eigenvalue weighted by molar-refractivity contribution is 6.30. The number of carbonyl (C=O) groups excluding carboxylic acids is 1. The Morgan fingerprint density at radius 2 is 1.65 bits per heavy atom. The number of carbonyl (C=O) groups is 1. The molecule has 4 nitrogen and oxygen atoms in total. The zero-order chi connectivity index (χ0) is 18.2. The molecule has 138 valence electrons. The molecule has 1 aliphatic heterocycles. The summed E-state index contributed by atoms with van der Waals surface area (Å²) in [5.41, 5.74) is 2.30. The van der Waals surface area contributed by atoms with Crippen LogP contribution in [-0.4, -0.2) is 50.1 Å². The molecule has 0 atom stereocenters. The van der Waals surface area contributed by atoms with Gasteiger partial charge in [-0.3, -0.25) is 9.69 Å². The maximum atomic E-state index is 12.0. The number of piperazine rings is 1. The SMILES string of the molecule is O=C(Cc1ccc(Cl)cc1)NCCCN1CCN(c2ccccc2)CC1. The number of nitrogens with zero attached hydrogens (tertiary/aromatic N) is 2. The van der Waals surface area contributed by atoms with Gasteiger partial charge in [-0.25, -0.2) is 0 Å². The lowest BCUT2D eigenvalue weighted by molar-refractivity contribution is -0.120. The van der Waals surface area contributed by atoms with E-state index in [0.29, 0.717) is 11.4 Å². The van der Waals surface area contributed by atoms with Gasteiger partial charge in [-0.15, -0.1) is 0 Å². The molecule has 0 aliphatic carbocycles. The Morgan fingerprint density at radius 1 is 0.962 bits per heavy atom. The Hall–Kier alpha value is -2.04. The van der Waals surface area contributed by atoms with E-state index in [0.717, 1.165) is 51.3 Å². The highest BCUT2D eigenvalue weighted by Crippen LogP contribution is 2.15. The predicted octanol–water partition coefficient (Wildman–Crippen LogP) is 3.21. The Morgan fingerprint density at radius 3 is 2.35 bits per heavy atom. The van der Waals surface area contributed by atoms with Crippen molar-refractivity contribution in [1.82, 2.24) is 10.2 Å². The number of hydrogen-bond acceptors (Lipinski definition) is 3. The van der Waals surface area contributed by atoms with E-state index in [1.165, 1.54) is 5.69 Å². The molecule has 3 rings (SSSR count). The zero-order valence-corrected chi connectivity index (χ0v) is 15.8. The molecule has 0 aromatic heterocycles. The van der Waals surface area contributed by atoms with Gasteiger partial charge in [0.25, 0.3) is 0 Å².